The van der Waals surface area contributed by atoms with Gasteiger partial charge in [-0.2, -0.15) is 0 Å². The van der Waals surface area contributed by atoms with Gasteiger partial charge in [-0.15, -0.1) is 0 Å². The van der Waals surface area contributed by atoms with E-state index in [1.807, 2.05) is 0 Å². The Kier molecular flexibility index (Phi) is 4.33. The van der Waals surface area contributed by atoms with E-state index >= 15 is 0 Å². The van der Waals surface area contributed by atoms with Gasteiger partial charge in [0.2, 0.25) is 0 Å². The Labute approximate surface area is 141 Å². The van der Waals surface area contributed by atoms with Gasteiger partial charge in [0, 0.05) is 37.9 Å². The van der Waals surface area contributed by atoms with E-state index in [-0.39, 0.29) is 0 Å². The Morgan fingerprint density at radius 3 is 2.48 bits per heavy atom. The molecule has 0 spiro atoms. The predicted molar refractivity (Wildman–Crippen MR) is 96.9 cm³/mol. The molecule has 1 aromatic rings. The number of nitrogens with one attached hydrogen (secondary N) is 1. The average molecular weight is 313 g/mol. The summed E-state index contributed by atoms with van der Waals surface area (Å²) in [5.74, 6) is 2.63. The van der Waals surface area contributed by atoms with Gasteiger partial charge in [-0.3, -0.25) is 0 Å². The Morgan fingerprint density at radius 2 is 1.74 bits per heavy atom. The van der Waals surface area contributed by atoms with E-state index in [1.165, 1.54) is 56.7 Å². The van der Waals surface area contributed by atoms with Crippen LogP contribution in [0.2, 0.25) is 0 Å². The first kappa shape index (κ1) is 15.5. The van der Waals surface area contributed by atoms with Crippen LogP contribution in [0, 0.1) is 17.8 Å². The third-order valence-electron chi connectivity index (χ3n) is 6.31. The normalized spacial score (nSPS) is 35.3. The highest BCUT2D eigenvalue weighted by atomic mass is 15.2. The molecular weight excluding hydrogens is 282 g/mol. The van der Waals surface area contributed by atoms with E-state index in [0.717, 1.165) is 24.3 Å². The summed E-state index contributed by atoms with van der Waals surface area (Å²) in [6, 6.07) is 9.99. The van der Waals surface area contributed by atoms with Crippen molar-refractivity contribution in [2.24, 2.45) is 17.8 Å². The van der Waals surface area contributed by atoms with Crippen LogP contribution in [0.3, 0.4) is 0 Å². The van der Waals surface area contributed by atoms with E-state index in [1.54, 1.807) is 0 Å². The van der Waals surface area contributed by atoms with Crippen LogP contribution in [0.15, 0.2) is 24.3 Å². The van der Waals surface area contributed by atoms with Crippen molar-refractivity contribution in [3.63, 3.8) is 0 Å². The largest absolute Gasteiger partial charge is 0.371 e. The number of hydrogen-bond donors (Lipinski definition) is 1. The molecule has 0 bridgehead atoms. The molecular formula is C20H31N3. The van der Waals surface area contributed by atoms with E-state index in [0.29, 0.717) is 6.04 Å². The highest BCUT2D eigenvalue weighted by molar-refractivity contribution is 5.48. The minimum atomic E-state index is 0.564. The first-order valence-corrected chi connectivity index (χ1v) is 9.46. The molecule has 4 rings (SSSR count). The number of rotatable bonds is 2. The number of hydrogen-bond acceptors (Lipinski definition) is 3. The van der Waals surface area contributed by atoms with Gasteiger partial charge in [0.1, 0.15) is 0 Å². The zero-order valence-corrected chi connectivity index (χ0v) is 14.7. The number of nitrogens with zero attached hydrogens (tertiary/aromatic N) is 2. The molecule has 3 heterocycles. The third-order valence-corrected chi connectivity index (χ3v) is 6.31. The maximum Gasteiger partial charge on any atom is 0.0366 e. The maximum atomic E-state index is 3.70. The Balaban J connectivity index is 1.40. The van der Waals surface area contributed by atoms with Gasteiger partial charge >= 0.3 is 0 Å². The number of likely N-dealkylation sites (tertiary alicyclic amines) is 1. The van der Waals surface area contributed by atoms with Gasteiger partial charge in [0.05, 0.1) is 0 Å². The summed E-state index contributed by atoms with van der Waals surface area (Å²) in [6.45, 7) is 8.57. The second-order valence-corrected chi connectivity index (χ2v) is 8.21. The van der Waals surface area contributed by atoms with Crippen LogP contribution in [0.1, 0.15) is 37.8 Å². The van der Waals surface area contributed by atoms with Gasteiger partial charge in [-0.1, -0.05) is 19.1 Å². The zero-order chi connectivity index (χ0) is 15.8. The number of benzene rings is 1. The van der Waals surface area contributed by atoms with E-state index in [4.69, 9.17) is 0 Å². The van der Waals surface area contributed by atoms with Crippen molar-refractivity contribution in [1.29, 1.82) is 0 Å². The molecule has 0 amide bonds. The zero-order valence-electron chi connectivity index (χ0n) is 14.7. The molecule has 1 aromatic carbocycles. The molecule has 3 saturated heterocycles. The van der Waals surface area contributed by atoms with Crippen LogP contribution in [0.5, 0.6) is 0 Å². The topological polar surface area (TPSA) is 18.5 Å². The quantitative estimate of drug-likeness (QED) is 0.905. The van der Waals surface area contributed by atoms with Crippen LogP contribution >= 0.6 is 0 Å². The first-order valence-electron chi connectivity index (χ1n) is 9.46. The molecule has 4 atom stereocenters. The molecule has 0 saturated carbocycles. The van der Waals surface area contributed by atoms with Crippen LogP contribution in [0.25, 0.3) is 0 Å². The molecule has 3 heteroatoms. The van der Waals surface area contributed by atoms with Crippen LogP contribution in [0.4, 0.5) is 5.69 Å². The molecule has 23 heavy (non-hydrogen) atoms. The van der Waals surface area contributed by atoms with Crippen molar-refractivity contribution in [2.45, 2.75) is 32.2 Å². The third kappa shape index (κ3) is 3.27. The average Bonchev–Trinajstić information content (AvgIpc) is 2.95. The molecule has 1 N–H and O–H groups in total. The lowest BCUT2D eigenvalue weighted by Gasteiger charge is -2.36. The molecule has 3 nitrogen and oxygen atoms in total. The molecule has 0 aliphatic carbocycles. The molecule has 3 aliphatic rings. The molecule has 0 unspecified atom stereocenters. The monoisotopic (exact) mass is 313 g/mol. The van der Waals surface area contributed by atoms with Crippen molar-refractivity contribution in [2.75, 3.05) is 44.7 Å². The first-order chi connectivity index (χ1) is 11.2. The van der Waals surface area contributed by atoms with Crippen molar-refractivity contribution in [3.8, 4) is 0 Å². The van der Waals surface area contributed by atoms with Crippen molar-refractivity contribution < 1.29 is 0 Å². The predicted octanol–water partition coefficient (Wildman–Crippen LogP) is 3.14. The summed E-state index contributed by atoms with van der Waals surface area (Å²) in [7, 11) is 2.27. The number of anilines is 1. The van der Waals surface area contributed by atoms with Gasteiger partial charge < -0.3 is 15.1 Å². The molecule has 0 radical (unpaired) electrons. The van der Waals surface area contributed by atoms with E-state index in [2.05, 4.69) is 53.4 Å². The fourth-order valence-electron chi connectivity index (χ4n) is 4.84. The van der Waals surface area contributed by atoms with Gasteiger partial charge in [-0.05, 0) is 68.3 Å². The molecule has 0 aromatic heterocycles. The van der Waals surface area contributed by atoms with Gasteiger partial charge in [-0.25, -0.2) is 0 Å². The van der Waals surface area contributed by atoms with Crippen molar-refractivity contribution in [1.82, 2.24) is 10.2 Å². The van der Waals surface area contributed by atoms with Crippen LogP contribution in [-0.4, -0.2) is 44.7 Å². The Morgan fingerprint density at radius 1 is 0.957 bits per heavy atom. The molecule has 126 valence electrons. The summed E-state index contributed by atoms with van der Waals surface area (Å²) in [5.41, 5.74) is 2.89. The number of fused-ring (bicyclic) bond motifs is 1. The highest BCUT2D eigenvalue weighted by Crippen LogP contribution is 2.33. The SMILES string of the molecule is C[C@H]1CC[C@H](c2ccc(N3CC[C@@H]4CN(C)C[C@@H]4C3)cc2)NC1. The second-order valence-electron chi connectivity index (χ2n) is 8.21. The Bertz CT molecular complexity index is 518. The van der Waals surface area contributed by atoms with Crippen LogP contribution in [-0.2, 0) is 0 Å². The lowest BCUT2D eigenvalue weighted by molar-refractivity contribution is 0.333. The maximum absolute atomic E-state index is 3.70. The van der Waals surface area contributed by atoms with E-state index < -0.39 is 0 Å². The fourth-order valence-corrected chi connectivity index (χ4v) is 4.84. The Hall–Kier alpha value is -1.06. The smallest absolute Gasteiger partial charge is 0.0366 e. The van der Waals surface area contributed by atoms with Gasteiger partial charge in [0.25, 0.3) is 0 Å². The van der Waals surface area contributed by atoms with Gasteiger partial charge in [0.15, 0.2) is 0 Å². The highest BCUT2D eigenvalue weighted by Gasteiger charge is 2.35. The summed E-state index contributed by atoms with van der Waals surface area (Å²) >= 11 is 0. The summed E-state index contributed by atoms with van der Waals surface area (Å²) in [4.78, 5) is 5.12. The summed E-state index contributed by atoms with van der Waals surface area (Å²) < 4.78 is 0. The van der Waals surface area contributed by atoms with Crippen molar-refractivity contribution >= 4 is 5.69 Å². The standard InChI is InChI=1S/C20H31N3/c1-15-3-8-20(21-11-15)16-4-6-19(7-5-16)23-10-9-17-12-22(2)13-18(17)14-23/h4-7,15,17-18,20-21H,3,8-14H2,1-2H3/t15-,17+,18+,20+/m0/s1. The fraction of sp³-hybridized carbons (Fsp3) is 0.700. The summed E-state index contributed by atoms with van der Waals surface area (Å²) in [6.07, 6.45) is 3.99. The lowest BCUT2D eigenvalue weighted by atomic mass is 9.88. The number of piperidine rings is 2. The molecule has 3 fully saturated rings. The molecule has 3 aliphatic heterocycles. The second kappa shape index (κ2) is 6.45. The minimum absolute atomic E-state index is 0.564. The van der Waals surface area contributed by atoms with Crippen LogP contribution < -0.4 is 10.2 Å². The van der Waals surface area contributed by atoms with E-state index in [9.17, 15) is 0 Å². The lowest BCUT2D eigenvalue weighted by Crippen LogP contribution is -2.40. The summed E-state index contributed by atoms with van der Waals surface area (Å²) in [5, 5.41) is 3.70. The van der Waals surface area contributed by atoms with Crippen molar-refractivity contribution in [3.05, 3.63) is 29.8 Å². The minimum Gasteiger partial charge on any atom is -0.371 e.